The SMILES string of the molecule is Cc1[nH]cnc1/C=C1/CCc2c(c3ccc(F)cc3n2C)C1=O. The van der Waals surface area contributed by atoms with Crippen LogP contribution in [0.1, 0.15) is 33.9 Å². The molecule has 0 saturated carbocycles. The Kier molecular flexibility index (Phi) is 2.98. The molecule has 1 aliphatic rings. The molecule has 1 aromatic carbocycles. The highest BCUT2D eigenvalue weighted by Crippen LogP contribution is 2.34. The highest BCUT2D eigenvalue weighted by Gasteiger charge is 2.28. The standard InChI is InChI=1S/C18H16FN3O/c1-10-14(21-9-20-10)7-11-3-6-15-17(18(11)23)13-5-4-12(19)8-16(13)22(15)2/h4-5,7-9H,3,6H2,1-2H3,(H,20,21)/b11-7-. The summed E-state index contributed by atoms with van der Waals surface area (Å²) in [6.45, 7) is 1.93. The second-order valence-electron chi connectivity index (χ2n) is 5.95. The molecule has 0 bridgehead atoms. The lowest BCUT2D eigenvalue weighted by Gasteiger charge is -2.15. The minimum Gasteiger partial charge on any atom is -0.348 e. The van der Waals surface area contributed by atoms with Crippen LogP contribution in [-0.4, -0.2) is 20.3 Å². The number of benzene rings is 1. The molecule has 2 heterocycles. The van der Waals surface area contributed by atoms with Crippen molar-refractivity contribution in [3.05, 3.63) is 58.6 Å². The van der Waals surface area contributed by atoms with Gasteiger partial charge >= 0.3 is 0 Å². The summed E-state index contributed by atoms with van der Waals surface area (Å²) in [5.74, 6) is -0.267. The van der Waals surface area contributed by atoms with Crippen LogP contribution < -0.4 is 0 Å². The van der Waals surface area contributed by atoms with Crippen molar-refractivity contribution in [3.63, 3.8) is 0 Å². The van der Waals surface area contributed by atoms with Gasteiger partial charge in [0, 0.05) is 29.4 Å². The molecule has 0 unspecified atom stereocenters. The number of aryl methyl sites for hydroxylation is 2. The Hall–Kier alpha value is -2.69. The zero-order chi connectivity index (χ0) is 16.1. The number of imidazole rings is 1. The van der Waals surface area contributed by atoms with Gasteiger partial charge in [0.15, 0.2) is 5.78 Å². The Balaban J connectivity index is 1.89. The fraction of sp³-hybridized carbons (Fsp3) is 0.222. The Labute approximate surface area is 132 Å². The van der Waals surface area contributed by atoms with Crippen molar-refractivity contribution < 1.29 is 9.18 Å². The molecule has 0 fully saturated rings. The largest absolute Gasteiger partial charge is 0.348 e. The van der Waals surface area contributed by atoms with E-state index in [1.165, 1.54) is 12.1 Å². The van der Waals surface area contributed by atoms with E-state index in [2.05, 4.69) is 9.97 Å². The molecule has 1 N–H and O–H groups in total. The van der Waals surface area contributed by atoms with Gasteiger partial charge in [-0.25, -0.2) is 9.37 Å². The molecule has 0 saturated heterocycles. The second kappa shape index (κ2) is 4.91. The van der Waals surface area contributed by atoms with Gasteiger partial charge in [0.05, 0.1) is 23.1 Å². The monoisotopic (exact) mass is 309 g/mol. The maximum absolute atomic E-state index is 13.5. The summed E-state index contributed by atoms with van der Waals surface area (Å²) in [7, 11) is 1.89. The van der Waals surface area contributed by atoms with E-state index < -0.39 is 0 Å². The van der Waals surface area contributed by atoms with Crippen molar-refractivity contribution in [1.29, 1.82) is 0 Å². The number of carbonyl (C=O) groups excluding carboxylic acids is 1. The second-order valence-corrected chi connectivity index (χ2v) is 5.95. The van der Waals surface area contributed by atoms with E-state index in [1.54, 1.807) is 12.4 Å². The first-order valence-electron chi connectivity index (χ1n) is 7.58. The number of Topliss-reactive ketones (excluding diaryl/α,β-unsaturated/α-hetero) is 1. The number of nitrogens with zero attached hydrogens (tertiary/aromatic N) is 2. The first kappa shape index (κ1) is 13.9. The van der Waals surface area contributed by atoms with Gasteiger partial charge in [-0.2, -0.15) is 0 Å². The molecule has 4 nitrogen and oxygen atoms in total. The third kappa shape index (κ3) is 2.04. The van der Waals surface area contributed by atoms with Crippen LogP contribution in [0.5, 0.6) is 0 Å². The van der Waals surface area contributed by atoms with Gasteiger partial charge < -0.3 is 9.55 Å². The lowest BCUT2D eigenvalue weighted by Crippen LogP contribution is -2.15. The predicted octanol–water partition coefficient (Wildman–Crippen LogP) is 3.56. The van der Waals surface area contributed by atoms with Crippen LogP contribution in [0.4, 0.5) is 4.39 Å². The number of aromatic nitrogens is 3. The summed E-state index contributed by atoms with van der Waals surface area (Å²) < 4.78 is 15.5. The number of halogens is 1. The lowest BCUT2D eigenvalue weighted by molar-refractivity contribution is 0.102. The number of aromatic amines is 1. The Morgan fingerprint density at radius 1 is 1.35 bits per heavy atom. The van der Waals surface area contributed by atoms with Crippen molar-refractivity contribution in [2.45, 2.75) is 19.8 Å². The average molecular weight is 309 g/mol. The topological polar surface area (TPSA) is 50.7 Å². The predicted molar refractivity (Wildman–Crippen MR) is 86.8 cm³/mol. The fourth-order valence-corrected chi connectivity index (χ4v) is 3.35. The third-order valence-corrected chi connectivity index (χ3v) is 4.61. The van der Waals surface area contributed by atoms with Crippen LogP contribution in [-0.2, 0) is 13.5 Å². The fourth-order valence-electron chi connectivity index (χ4n) is 3.35. The smallest absolute Gasteiger partial charge is 0.191 e. The molecule has 23 heavy (non-hydrogen) atoms. The number of fused-ring (bicyclic) bond motifs is 3. The summed E-state index contributed by atoms with van der Waals surface area (Å²) in [6.07, 6.45) is 4.93. The van der Waals surface area contributed by atoms with E-state index in [9.17, 15) is 9.18 Å². The van der Waals surface area contributed by atoms with Crippen LogP contribution in [0, 0.1) is 12.7 Å². The van der Waals surface area contributed by atoms with Gasteiger partial charge in [0.25, 0.3) is 0 Å². The van der Waals surface area contributed by atoms with E-state index in [-0.39, 0.29) is 11.6 Å². The third-order valence-electron chi connectivity index (χ3n) is 4.61. The zero-order valence-corrected chi connectivity index (χ0v) is 13.0. The van der Waals surface area contributed by atoms with Crippen LogP contribution in [0.25, 0.3) is 17.0 Å². The average Bonchev–Trinajstić information content (AvgIpc) is 3.05. The van der Waals surface area contributed by atoms with Crippen LogP contribution in [0.15, 0.2) is 30.1 Å². The minimum absolute atomic E-state index is 0.0193. The number of carbonyl (C=O) groups is 1. The van der Waals surface area contributed by atoms with Crippen molar-refractivity contribution in [2.24, 2.45) is 7.05 Å². The molecule has 3 aromatic rings. The van der Waals surface area contributed by atoms with E-state index in [0.717, 1.165) is 40.0 Å². The van der Waals surface area contributed by atoms with E-state index in [0.29, 0.717) is 12.0 Å². The molecule has 0 radical (unpaired) electrons. The normalized spacial score (nSPS) is 16.3. The van der Waals surface area contributed by atoms with E-state index >= 15 is 0 Å². The van der Waals surface area contributed by atoms with Crippen LogP contribution in [0.3, 0.4) is 0 Å². The number of allylic oxidation sites excluding steroid dienone is 1. The van der Waals surface area contributed by atoms with Gasteiger partial charge in [-0.15, -0.1) is 0 Å². The quantitative estimate of drug-likeness (QED) is 0.699. The molecular formula is C18H16FN3O. The summed E-state index contributed by atoms with van der Waals surface area (Å²) in [5, 5.41) is 0.818. The molecule has 4 rings (SSSR count). The van der Waals surface area contributed by atoms with Crippen molar-refractivity contribution in [1.82, 2.24) is 14.5 Å². The van der Waals surface area contributed by atoms with Crippen molar-refractivity contribution >= 4 is 22.8 Å². The summed E-state index contributed by atoms with van der Waals surface area (Å²) >= 11 is 0. The first-order chi connectivity index (χ1) is 11.1. The maximum Gasteiger partial charge on any atom is 0.191 e. The highest BCUT2D eigenvalue weighted by atomic mass is 19.1. The molecule has 0 atom stereocenters. The van der Waals surface area contributed by atoms with Crippen molar-refractivity contribution in [2.75, 3.05) is 0 Å². The zero-order valence-electron chi connectivity index (χ0n) is 13.0. The Morgan fingerprint density at radius 2 is 2.17 bits per heavy atom. The van der Waals surface area contributed by atoms with E-state index in [1.807, 2.05) is 24.6 Å². The molecular weight excluding hydrogens is 293 g/mol. The number of nitrogens with one attached hydrogen (secondary N) is 1. The highest BCUT2D eigenvalue weighted by molar-refractivity contribution is 6.20. The van der Waals surface area contributed by atoms with Gasteiger partial charge in [-0.1, -0.05) is 0 Å². The van der Waals surface area contributed by atoms with Gasteiger partial charge in [0.1, 0.15) is 5.82 Å². The van der Waals surface area contributed by atoms with Crippen LogP contribution in [0.2, 0.25) is 0 Å². The number of H-pyrrole nitrogens is 1. The molecule has 116 valence electrons. The molecule has 1 aliphatic carbocycles. The summed E-state index contributed by atoms with van der Waals surface area (Å²) in [6, 6.07) is 4.60. The maximum atomic E-state index is 13.5. The van der Waals surface area contributed by atoms with Gasteiger partial charge in [-0.3, -0.25) is 4.79 Å². The lowest BCUT2D eigenvalue weighted by atomic mass is 9.89. The number of ketones is 1. The number of hydrogen-bond acceptors (Lipinski definition) is 2. The Morgan fingerprint density at radius 3 is 2.91 bits per heavy atom. The van der Waals surface area contributed by atoms with Gasteiger partial charge in [-0.05, 0) is 44.0 Å². The summed E-state index contributed by atoms with van der Waals surface area (Å²) in [5.41, 5.74) is 4.93. The first-order valence-corrected chi connectivity index (χ1v) is 7.58. The molecule has 0 amide bonds. The minimum atomic E-state index is -0.286. The molecule has 5 heteroatoms. The van der Waals surface area contributed by atoms with Crippen molar-refractivity contribution in [3.8, 4) is 0 Å². The van der Waals surface area contributed by atoms with Gasteiger partial charge in [0.2, 0.25) is 0 Å². The molecule has 0 spiro atoms. The number of rotatable bonds is 1. The summed E-state index contributed by atoms with van der Waals surface area (Å²) in [4.78, 5) is 20.2. The number of hydrogen-bond donors (Lipinski definition) is 1. The van der Waals surface area contributed by atoms with E-state index in [4.69, 9.17) is 0 Å². The molecule has 0 aliphatic heterocycles. The van der Waals surface area contributed by atoms with Crippen LogP contribution >= 0.6 is 0 Å². The molecule has 2 aromatic heterocycles. The Bertz CT molecular complexity index is 978.